The van der Waals surface area contributed by atoms with E-state index in [4.69, 9.17) is 19.3 Å². The molecule has 5 aromatic carbocycles. The molecular formula is C54H42B2N8O. The van der Waals surface area contributed by atoms with Gasteiger partial charge in [-0.3, -0.25) is 4.57 Å². The Bertz CT molecular complexity index is 3670. The number of rotatable bonds is 7. The smallest absolute Gasteiger partial charge is 0.221 e. The zero-order chi connectivity index (χ0) is 49.5. The maximum atomic E-state index is 9.09. The lowest BCUT2D eigenvalue weighted by atomic mass is 9.63. The van der Waals surface area contributed by atoms with Crippen molar-refractivity contribution in [2.24, 2.45) is 6.98 Å². The van der Waals surface area contributed by atoms with E-state index in [0.29, 0.717) is 34.4 Å². The Labute approximate surface area is 389 Å². The lowest BCUT2D eigenvalue weighted by Crippen LogP contribution is -2.26. The van der Waals surface area contributed by atoms with Crippen LogP contribution in [0.2, 0.25) is 0 Å². The number of ether oxygens (including phenoxy) is 1. The lowest BCUT2D eigenvalue weighted by Gasteiger charge is -2.28. The Morgan fingerprint density at radius 2 is 1.37 bits per heavy atom. The second-order valence-electron chi connectivity index (χ2n) is 15.2. The van der Waals surface area contributed by atoms with Gasteiger partial charge in [-0.15, -0.1) is 12.0 Å². The number of hydrogen-bond donors (Lipinski definition) is 2. The Hall–Kier alpha value is -8.43. The molecule has 0 saturated carbocycles. The third-order valence-corrected chi connectivity index (χ3v) is 11.4. The van der Waals surface area contributed by atoms with Crippen molar-refractivity contribution in [3.05, 3.63) is 224 Å². The number of benzene rings is 5. The standard InChI is InChI=1S/C54H42B2N8O/c1-61-48-22-5-3-20-46(48)60-54(61)64-47-21-4-2-15-40(47)41-26-25-39(36-51(41)64)65-52-35-38(27-34-59-52)62-37-63(50-24-7-6-23-49(50)62)53-42(44-18-13-32-57-30-10-8-28-55-44)16-12-17-43(53)45-19-14-33-58-31-11-9-29-56-45/h2-36,57-58H,37H2,1H3/b28-8-,29-9-,30-10-,31-11-,32-13-,33-14-,44-18-,45-19-/i1D3,2D,4D,15D,21D. The summed E-state index contributed by atoms with van der Waals surface area (Å²) in [6.07, 6.45) is 25.3. The zero-order valence-electron chi connectivity index (χ0n) is 41.9. The van der Waals surface area contributed by atoms with Crippen molar-refractivity contribution in [2.45, 2.75) is 0 Å². The first-order chi connectivity index (χ1) is 35.1. The van der Waals surface area contributed by atoms with E-state index < -0.39 is 19.1 Å². The molecule has 2 N–H and O–H groups in total. The highest BCUT2D eigenvalue weighted by atomic mass is 16.5. The molecule has 0 saturated heterocycles. The quantitative estimate of drug-likeness (QED) is 0.155. The number of hydrogen-bond acceptors (Lipinski definition) is 7. The van der Waals surface area contributed by atoms with Gasteiger partial charge in [0.05, 0.1) is 44.6 Å². The third kappa shape index (κ3) is 7.53. The number of anilines is 4. The minimum atomic E-state index is -2.70. The molecule has 8 aromatic rings. The van der Waals surface area contributed by atoms with Gasteiger partial charge in [0.2, 0.25) is 11.8 Å². The summed E-state index contributed by atoms with van der Waals surface area (Å²) in [4.78, 5) is 14.0. The summed E-state index contributed by atoms with van der Waals surface area (Å²) in [5.41, 5.74) is 9.04. The average molecular weight is 848 g/mol. The predicted octanol–water partition coefficient (Wildman–Crippen LogP) is 11.5. The van der Waals surface area contributed by atoms with Crippen molar-refractivity contribution >= 4 is 81.1 Å². The van der Waals surface area contributed by atoms with E-state index in [1.165, 1.54) is 4.57 Å². The van der Waals surface area contributed by atoms with Gasteiger partial charge in [-0.05, 0) is 83.9 Å². The van der Waals surface area contributed by atoms with Crippen molar-refractivity contribution in [2.75, 3.05) is 16.5 Å². The maximum Gasteiger partial charge on any atom is 0.221 e. The highest BCUT2D eigenvalue weighted by Gasteiger charge is 2.32. The largest absolute Gasteiger partial charge is 0.439 e. The molecule has 3 aromatic heterocycles. The third-order valence-electron chi connectivity index (χ3n) is 11.4. The van der Waals surface area contributed by atoms with E-state index in [2.05, 4.69) is 82.5 Å². The van der Waals surface area contributed by atoms with E-state index in [9.17, 15) is 0 Å². The van der Waals surface area contributed by atoms with Crippen LogP contribution in [0.3, 0.4) is 0 Å². The van der Waals surface area contributed by atoms with E-state index in [1.54, 1.807) is 48.7 Å². The van der Waals surface area contributed by atoms with Crippen LogP contribution in [-0.4, -0.2) is 40.3 Å². The van der Waals surface area contributed by atoms with Crippen LogP contribution in [0.4, 0.5) is 22.7 Å². The second-order valence-corrected chi connectivity index (χ2v) is 15.2. The van der Waals surface area contributed by atoms with Crippen molar-refractivity contribution in [1.82, 2.24) is 29.7 Å². The van der Waals surface area contributed by atoms with Crippen LogP contribution in [0.5, 0.6) is 11.6 Å². The fourth-order valence-electron chi connectivity index (χ4n) is 8.47. The van der Waals surface area contributed by atoms with Crippen molar-refractivity contribution in [1.29, 1.82) is 0 Å². The Morgan fingerprint density at radius 1 is 0.662 bits per heavy atom. The Kier molecular flexibility index (Phi) is 8.63. The summed E-state index contributed by atoms with van der Waals surface area (Å²) in [7, 11) is 4.23. The van der Waals surface area contributed by atoms with Gasteiger partial charge in [-0.1, -0.05) is 95.8 Å². The minimum absolute atomic E-state index is 0.0333. The molecular weight excluding hydrogens is 798 g/mol. The molecule has 0 amide bonds. The number of aryl methyl sites for hydroxylation is 1. The highest BCUT2D eigenvalue weighted by molar-refractivity contribution is 6.67. The van der Waals surface area contributed by atoms with Crippen molar-refractivity contribution < 1.29 is 14.3 Å². The van der Waals surface area contributed by atoms with Gasteiger partial charge in [0, 0.05) is 70.7 Å². The zero-order valence-corrected chi connectivity index (χ0v) is 34.9. The molecule has 0 bridgehead atoms. The van der Waals surface area contributed by atoms with Gasteiger partial charge in [-0.25, -0.2) is 9.97 Å². The highest BCUT2D eigenvalue weighted by Crippen LogP contribution is 2.48. The first kappa shape index (κ1) is 32.3. The minimum Gasteiger partial charge on any atom is -0.439 e. The fraction of sp³-hybridized carbons (Fsp3) is 0.0370. The summed E-state index contributed by atoms with van der Waals surface area (Å²) in [5, 5.41) is 7.06. The topological polar surface area (TPSA) is 75.4 Å². The fourth-order valence-corrected chi connectivity index (χ4v) is 8.47. The normalized spacial score (nSPS) is 21.0. The molecule has 9 nitrogen and oxygen atoms in total. The molecule has 6 heterocycles. The molecule has 0 atom stereocenters. The number of pyridine rings is 1. The summed E-state index contributed by atoms with van der Waals surface area (Å²) in [6, 6.07) is 29.0. The molecule has 0 unspecified atom stereocenters. The summed E-state index contributed by atoms with van der Waals surface area (Å²) < 4.78 is 70.3. The number of aromatic nitrogens is 4. The summed E-state index contributed by atoms with van der Waals surface area (Å²) in [5.74, 6) is 4.64. The van der Waals surface area contributed by atoms with Crippen LogP contribution in [-0.2, 0) is 6.98 Å². The lowest BCUT2D eigenvalue weighted by molar-refractivity contribution is 0.463. The molecule has 0 spiro atoms. The van der Waals surface area contributed by atoms with Crippen molar-refractivity contribution in [3.8, 4) is 17.6 Å². The monoisotopic (exact) mass is 847 g/mol. The number of para-hydroxylation sites is 6. The molecule has 65 heavy (non-hydrogen) atoms. The van der Waals surface area contributed by atoms with E-state index in [1.807, 2.05) is 97.5 Å². The first-order valence-electron chi connectivity index (χ1n) is 24.6. The molecule has 0 aliphatic carbocycles. The van der Waals surface area contributed by atoms with Crippen molar-refractivity contribution in [3.63, 3.8) is 0 Å². The molecule has 11 heteroatoms. The Morgan fingerprint density at radius 3 is 2.14 bits per heavy atom. The number of nitrogens with one attached hydrogen (secondary N) is 2. The van der Waals surface area contributed by atoms with Crippen LogP contribution in [0, 0.1) is 0 Å². The van der Waals surface area contributed by atoms with Crippen LogP contribution in [0.15, 0.2) is 213 Å². The van der Waals surface area contributed by atoms with E-state index >= 15 is 0 Å². The summed E-state index contributed by atoms with van der Waals surface area (Å²) >= 11 is 0. The number of imidazole rings is 1. The molecule has 2 radical (unpaired) electrons. The molecule has 3 aliphatic heterocycles. The SMILES string of the molecule is [2H]c1c([2H])c([2H])c2c(c1[2H])c1ccc(Oc3cc(N4CN(c5c(/C6=C/C=C\N/C=C\C=C/[B]6)cccc5/C5=C/C=C\N/C=C\C=C/[B]5)c5ccccc54)ccn3)cc1n2-c1nc2ccccc2n1C([2H])([2H])[2H]. The molecule has 310 valence electrons. The number of fused-ring (bicyclic) bond motifs is 5. The van der Waals surface area contributed by atoms with Gasteiger partial charge in [0.15, 0.2) is 14.6 Å². The van der Waals surface area contributed by atoms with Crippen LogP contribution in [0.25, 0.3) is 49.7 Å². The number of allylic oxidation sites excluding steroid dienone is 8. The van der Waals surface area contributed by atoms with Gasteiger partial charge in [-0.2, -0.15) is 0 Å². The Balaban J connectivity index is 1.01. The van der Waals surface area contributed by atoms with Gasteiger partial charge < -0.3 is 29.7 Å². The molecule has 11 rings (SSSR count). The van der Waals surface area contributed by atoms with Gasteiger partial charge >= 0.3 is 0 Å². The summed E-state index contributed by atoms with van der Waals surface area (Å²) in [6.45, 7) is -2.27. The van der Waals surface area contributed by atoms with Gasteiger partial charge in [0.1, 0.15) is 12.4 Å². The number of nitrogens with zero attached hydrogens (tertiary/aromatic N) is 6. The van der Waals surface area contributed by atoms with Crippen LogP contribution >= 0.6 is 0 Å². The first-order valence-corrected chi connectivity index (χ1v) is 21.1. The van der Waals surface area contributed by atoms with E-state index in [-0.39, 0.29) is 34.8 Å². The van der Waals surface area contributed by atoms with Gasteiger partial charge in [0.25, 0.3) is 0 Å². The predicted molar refractivity (Wildman–Crippen MR) is 270 cm³/mol. The van der Waals surface area contributed by atoms with Crippen LogP contribution < -0.4 is 25.2 Å². The van der Waals surface area contributed by atoms with Crippen LogP contribution in [0.1, 0.15) is 20.7 Å². The van der Waals surface area contributed by atoms with E-state index in [0.717, 1.165) is 49.4 Å². The average Bonchev–Trinajstić information content (AvgIpc) is 4.08. The molecule has 3 aliphatic rings. The molecule has 0 fully saturated rings. The second kappa shape index (κ2) is 17.4. The maximum absolute atomic E-state index is 9.09.